The number of anilines is 2. The summed E-state index contributed by atoms with van der Waals surface area (Å²) in [5, 5.41) is 14.8. The number of nitro groups is 1. The predicted octanol–water partition coefficient (Wildman–Crippen LogP) is 3.45. The smallest absolute Gasteiger partial charge is 0.332 e. The zero-order valence-electron chi connectivity index (χ0n) is 16.2. The van der Waals surface area contributed by atoms with Crippen molar-refractivity contribution in [1.82, 2.24) is 9.97 Å². The number of aromatic nitrogens is 2. The SMILES string of the molecule is C[C@@H](Nc1nc(N)c([N+](=O)[O-])c(CC2CCC(CN)CC2)n1)c1ccccc1. The van der Waals surface area contributed by atoms with E-state index in [0.717, 1.165) is 31.2 Å². The fourth-order valence-electron chi connectivity index (χ4n) is 3.89. The van der Waals surface area contributed by atoms with E-state index in [4.69, 9.17) is 11.5 Å². The highest BCUT2D eigenvalue weighted by Crippen LogP contribution is 2.34. The third-order valence-electron chi connectivity index (χ3n) is 5.59. The lowest BCUT2D eigenvalue weighted by atomic mass is 9.80. The number of nitrogens with zero attached hydrogens (tertiary/aromatic N) is 3. The van der Waals surface area contributed by atoms with Gasteiger partial charge in [-0.25, -0.2) is 4.98 Å². The van der Waals surface area contributed by atoms with E-state index in [1.54, 1.807) is 0 Å². The van der Waals surface area contributed by atoms with Gasteiger partial charge in [-0.15, -0.1) is 0 Å². The summed E-state index contributed by atoms with van der Waals surface area (Å²) in [5.74, 6) is 1.15. The second-order valence-electron chi connectivity index (χ2n) is 7.59. The Balaban J connectivity index is 1.80. The highest BCUT2D eigenvalue weighted by Gasteiger charge is 2.28. The van der Waals surface area contributed by atoms with Crippen LogP contribution in [0.25, 0.3) is 0 Å². The van der Waals surface area contributed by atoms with Crippen molar-refractivity contribution in [3.8, 4) is 0 Å². The third-order valence-corrected chi connectivity index (χ3v) is 5.59. The lowest BCUT2D eigenvalue weighted by Crippen LogP contribution is -2.23. The molecule has 1 saturated carbocycles. The van der Waals surface area contributed by atoms with Crippen LogP contribution in [0.15, 0.2) is 30.3 Å². The predicted molar refractivity (Wildman–Crippen MR) is 110 cm³/mol. The molecule has 0 unspecified atom stereocenters. The van der Waals surface area contributed by atoms with E-state index in [2.05, 4.69) is 15.3 Å². The first kappa shape index (κ1) is 20.0. The minimum absolute atomic E-state index is 0.0464. The summed E-state index contributed by atoms with van der Waals surface area (Å²) in [5.41, 5.74) is 13.0. The molecule has 28 heavy (non-hydrogen) atoms. The molecule has 0 radical (unpaired) electrons. The minimum atomic E-state index is -0.472. The first-order valence-electron chi connectivity index (χ1n) is 9.80. The maximum atomic E-state index is 11.5. The summed E-state index contributed by atoms with van der Waals surface area (Å²) in [4.78, 5) is 19.7. The lowest BCUT2D eigenvalue weighted by molar-refractivity contribution is -0.385. The standard InChI is InChI=1S/C20H28N6O2/c1-13(16-5-3-2-4-6-16)23-20-24-17(18(26(27)28)19(22)25-20)11-14-7-9-15(12-21)10-8-14/h2-6,13-15H,7-12,21H2,1H3,(H3,22,23,24,25)/t13-,14?,15?/m1/s1. The van der Waals surface area contributed by atoms with Crippen LogP contribution in [-0.4, -0.2) is 21.4 Å². The summed E-state index contributed by atoms with van der Waals surface area (Å²) in [6.07, 6.45) is 4.67. The third kappa shape index (κ3) is 4.75. The molecule has 1 aromatic heterocycles. The van der Waals surface area contributed by atoms with Crippen molar-refractivity contribution in [2.75, 3.05) is 17.6 Å². The van der Waals surface area contributed by atoms with Crippen LogP contribution in [0.5, 0.6) is 0 Å². The zero-order valence-corrected chi connectivity index (χ0v) is 16.2. The highest BCUT2D eigenvalue weighted by atomic mass is 16.6. The number of hydrogen-bond donors (Lipinski definition) is 3. The van der Waals surface area contributed by atoms with Crippen molar-refractivity contribution in [2.45, 2.75) is 45.1 Å². The van der Waals surface area contributed by atoms with Crippen LogP contribution in [0.4, 0.5) is 17.5 Å². The van der Waals surface area contributed by atoms with E-state index in [1.165, 1.54) is 0 Å². The Bertz CT molecular complexity index is 806. The molecule has 0 bridgehead atoms. The van der Waals surface area contributed by atoms with Crippen LogP contribution < -0.4 is 16.8 Å². The van der Waals surface area contributed by atoms with Gasteiger partial charge in [-0.2, -0.15) is 4.98 Å². The fourth-order valence-corrected chi connectivity index (χ4v) is 3.89. The molecule has 1 atom stereocenters. The molecule has 150 valence electrons. The number of nitrogen functional groups attached to an aromatic ring is 1. The van der Waals surface area contributed by atoms with E-state index in [-0.39, 0.29) is 17.5 Å². The molecule has 8 nitrogen and oxygen atoms in total. The summed E-state index contributed by atoms with van der Waals surface area (Å²) >= 11 is 0. The van der Waals surface area contributed by atoms with Gasteiger partial charge in [-0.1, -0.05) is 30.3 Å². The van der Waals surface area contributed by atoms with Gasteiger partial charge in [0.2, 0.25) is 11.8 Å². The molecule has 0 aliphatic heterocycles. The van der Waals surface area contributed by atoms with Gasteiger partial charge in [0, 0.05) is 0 Å². The summed E-state index contributed by atoms with van der Waals surface area (Å²) in [6, 6.07) is 9.83. The molecular formula is C20H28N6O2. The van der Waals surface area contributed by atoms with Crippen LogP contribution in [0, 0.1) is 22.0 Å². The molecule has 8 heteroatoms. The highest BCUT2D eigenvalue weighted by molar-refractivity contribution is 5.58. The normalized spacial score (nSPS) is 20.5. The van der Waals surface area contributed by atoms with Gasteiger partial charge in [0.05, 0.1) is 11.0 Å². The monoisotopic (exact) mass is 384 g/mol. The molecule has 1 heterocycles. The van der Waals surface area contributed by atoms with Crippen LogP contribution in [0.2, 0.25) is 0 Å². The van der Waals surface area contributed by atoms with Crippen molar-refractivity contribution < 1.29 is 4.92 Å². The fraction of sp³-hybridized carbons (Fsp3) is 0.500. The topological polar surface area (TPSA) is 133 Å². The van der Waals surface area contributed by atoms with Gasteiger partial charge < -0.3 is 16.8 Å². The maximum absolute atomic E-state index is 11.5. The molecule has 0 amide bonds. The molecule has 0 saturated heterocycles. The van der Waals surface area contributed by atoms with E-state index in [9.17, 15) is 10.1 Å². The Hall–Kier alpha value is -2.74. The van der Waals surface area contributed by atoms with E-state index in [1.807, 2.05) is 37.3 Å². The number of rotatable bonds is 7. The Morgan fingerprint density at radius 1 is 1.18 bits per heavy atom. The van der Waals surface area contributed by atoms with Crippen molar-refractivity contribution in [2.24, 2.45) is 17.6 Å². The van der Waals surface area contributed by atoms with Gasteiger partial charge in [0.25, 0.3) is 0 Å². The molecular weight excluding hydrogens is 356 g/mol. The molecule has 0 spiro atoms. The van der Waals surface area contributed by atoms with Crippen LogP contribution in [-0.2, 0) is 6.42 Å². The van der Waals surface area contributed by atoms with Gasteiger partial charge in [-0.05, 0) is 63.0 Å². The van der Waals surface area contributed by atoms with Gasteiger partial charge in [0.15, 0.2) is 0 Å². The number of benzene rings is 1. The molecule has 2 aromatic rings. The molecule has 1 fully saturated rings. The average molecular weight is 384 g/mol. The summed E-state index contributed by atoms with van der Waals surface area (Å²) in [6.45, 7) is 2.70. The number of nitrogens with one attached hydrogen (secondary N) is 1. The van der Waals surface area contributed by atoms with Crippen LogP contribution in [0.3, 0.4) is 0 Å². The summed E-state index contributed by atoms with van der Waals surface area (Å²) < 4.78 is 0. The lowest BCUT2D eigenvalue weighted by Gasteiger charge is -2.27. The second kappa shape index (κ2) is 8.97. The zero-order chi connectivity index (χ0) is 20.1. The molecule has 1 aromatic carbocycles. The maximum Gasteiger partial charge on any atom is 0.332 e. The van der Waals surface area contributed by atoms with Crippen molar-refractivity contribution in [3.05, 3.63) is 51.7 Å². The van der Waals surface area contributed by atoms with Crippen LogP contribution in [0.1, 0.15) is 49.9 Å². The van der Waals surface area contributed by atoms with Crippen molar-refractivity contribution in [1.29, 1.82) is 0 Å². The quantitative estimate of drug-likeness (QED) is 0.492. The van der Waals surface area contributed by atoms with Crippen molar-refractivity contribution >= 4 is 17.5 Å². The summed E-state index contributed by atoms with van der Waals surface area (Å²) in [7, 11) is 0. The van der Waals surface area contributed by atoms with Crippen LogP contribution >= 0.6 is 0 Å². The Morgan fingerprint density at radius 2 is 1.82 bits per heavy atom. The van der Waals surface area contributed by atoms with E-state index in [0.29, 0.717) is 36.4 Å². The minimum Gasteiger partial charge on any atom is -0.378 e. The van der Waals surface area contributed by atoms with Crippen molar-refractivity contribution in [3.63, 3.8) is 0 Å². The first-order chi connectivity index (χ1) is 13.5. The molecule has 5 N–H and O–H groups in total. The van der Waals surface area contributed by atoms with Gasteiger partial charge >= 0.3 is 5.69 Å². The molecule has 3 rings (SSSR count). The number of nitrogens with two attached hydrogens (primary N) is 2. The second-order valence-corrected chi connectivity index (χ2v) is 7.59. The number of hydrogen-bond acceptors (Lipinski definition) is 7. The van der Waals surface area contributed by atoms with Gasteiger partial charge in [0.1, 0.15) is 5.69 Å². The van der Waals surface area contributed by atoms with E-state index < -0.39 is 4.92 Å². The Labute approximate surface area is 164 Å². The largest absolute Gasteiger partial charge is 0.378 e. The van der Waals surface area contributed by atoms with E-state index >= 15 is 0 Å². The Morgan fingerprint density at radius 3 is 2.43 bits per heavy atom. The molecule has 1 aliphatic carbocycles. The first-order valence-corrected chi connectivity index (χ1v) is 9.80. The average Bonchev–Trinajstić information content (AvgIpc) is 2.68. The van der Waals surface area contributed by atoms with Gasteiger partial charge in [-0.3, -0.25) is 10.1 Å². The molecule has 1 aliphatic rings. The Kier molecular flexibility index (Phi) is 6.41.